The third-order valence-electron chi connectivity index (χ3n) is 5.98. The Morgan fingerprint density at radius 2 is 1.55 bits per heavy atom. The number of nitrogens with zero attached hydrogens (tertiary/aromatic N) is 3. The van der Waals surface area contributed by atoms with Crippen molar-refractivity contribution in [1.29, 1.82) is 0 Å². The van der Waals surface area contributed by atoms with Crippen molar-refractivity contribution >= 4 is 23.2 Å². The molecule has 4 rings (SSSR count). The number of amides is 1. The summed E-state index contributed by atoms with van der Waals surface area (Å²) in [4.78, 5) is 18.5. The zero-order valence-corrected chi connectivity index (χ0v) is 17.5. The highest BCUT2D eigenvalue weighted by Crippen LogP contribution is 2.32. The number of anilines is 1. The van der Waals surface area contributed by atoms with Crippen LogP contribution in [0.3, 0.4) is 0 Å². The number of piperazine rings is 1. The minimum absolute atomic E-state index is 0.0466. The largest absolute Gasteiger partial charge is 0.416 e. The van der Waals surface area contributed by atoms with Gasteiger partial charge in [0.1, 0.15) is 0 Å². The summed E-state index contributed by atoms with van der Waals surface area (Å²) in [6.07, 6.45) is -4.98. The number of carbonyl (C=O) groups excluding carboxylic acids is 1. The van der Waals surface area contributed by atoms with E-state index < -0.39 is 17.8 Å². The van der Waals surface area contributed by atoms with Gasteiger partial charge in [0.15, 0.2) is 0 Å². The predicted octanol–water partition coefficient (Wildman–Crippen LogP) is 3.37. The van der Waals surface area contributed by atoms with Crippen LogP contribution in [0.1, 0.15) is 15.9 Å². The summed E-state index contributed by atoms with van der Waals surface area (Å²) in [5, 5.41) is 11.2. The molecule has 0 bridgehead atoms. The van der Waals surface area contributed by atoms with Crippen molar-refractivity contribution in [1.82, 2.24) is 9.80 Å². The molecule has 5 nitrogen and oxygen atoms in total. The van der Waals surface area contributed by atoms with E-state index in [1.54, 1.807) is 29.2 Å². The van der Waals surface area contributed by atoms with E-state index in [1.807, 2.05) is 4.90 Å². The van der Waals surface area contributed by atoms with Gasteiger partial charge in [-0.2, -0.15) is 13.2 Å². The maximum absolute atomic E-state index is 12.8. The van der Waals surface area contributed by atoms with Crippen LogP contribution >= 0.6 is 11.6 Å². The Bertz CT molecular complexity index is 913. The molecule has 0 saturated carbocycles. The molecule has 2 aromatic carbocycles. The first-order valence-corrected chi connectivity index (χ1v) is 10.5. The molecule has 1 amide bonds. The first kappa shape index (κ1) is 21.9. The van der Waals surface area contributed by atoms with E-state index in [0.717, 1.165) is 12.1 Å². The molecule has 2 aliphatic heterocycles. The first-order chi connectivity index (χ1) is 14.7. The fourth-order valence-corrected chi connectivity index (χ4v) is 4.36. The second-order valence-corrected chi connectivity index (χ2v) is 8.36. The monoisotopic (exact) mass is 453 g/mol. The van der Waals surface area contributed by atoms with Gasteiger partial charge in [-0.25, -0.2) is 0 Å². The number of alkyl halides is 3. The van der Waals surface area contributed by atoms with Crippen molar-refractivity contribution in [2.45, 2.75) is 18.3 Å². The van der Waals surface area contributed by atoms with Crippen molar-refractivity contribution in [3.63, 3.8) is 0 Å². The zero-order chi connectivity index (χ0) is 22.2. The van der Waals surface area contributed by atoms with Crippen molar-refractivity contribution in [2.24, 2.45) is 0 Å². The summed E-state index contributed by atoms with van der Waals surface area (Å²) in [7, 11) is 0. The van der Waals surface area contributed by atoms with Crippen LogP contribution in [-0.4, -0.2) is 72.2 Å². The molecule has 2 atom stereocenters. The lowest BCUT2D eigenvalue weighted by atomic mass is 10.1. The zero-order valence-electron chi connectivity index (χ0n) is 16.7. The summed E-state index contributed by atoms with van der Waals surface area (Å²) < 4.78 is 38.4. The van der Waals surface area contributed by atoms with Gasteiger partial charge in [-0.05, 0) is 48.5 Å². The highest BCUT2D eigenvalue weighted by atomic mass is 35.5. The molecular formula is C22H23ClF3N3O2. The van der Waals surface area contributed by atoms with E-state index in [0.29, 0.717) is 55.5 Å². The van der Waals surface area contributed by atoms with Crippen LogP contribution in [0.4, 0.5) is 18.9 Å². The van der Waals surface area contributed by atoms with Gasteiger partial charge < -0.3 is 14.9 Å². The van der Waals surface area contributed by atoms with Gasteiger partial charge in [0.25, 0.3) is 5.91 Å². The van der Waals surface area contributed by atoms with Crippen molar-refractivity contribution < 1.29 is 23.1 Å². The molecule has 31 heavy (non-hydrogen) atoms. The Kier molecular flexibility index (Phi) is 6.14. The minimum Gasteiger partial charge on any atom is -0.390 e. The molecular weight excluding hydrogens is 431 g/mol. The van der Waals surface area contributed by atoms with E-state index in [9.17, 15) is 23.1 Å². The summed E-state index contributed by atoms with van der Waals surface area (Å²) >= 11 is 5.88. The van der Waals surface area contributed by atoms with Crippen LogP contribution in [0.15, 0.2) is 48.5 Å². The average molecular weight is 454 g/mol. The number of benzene rings is 2. The van der Waals surface area contributed by atoms with E-state index in [1.165, 1.54) is 12.1 Å². The Morgan fingerprint density at radius 1 is 0.935 bits per heavy atom. The average Bonchev–Trinajstić information content (AvgIpc) is 3.15. The van der Waals surface area contributed by atoms with Crippen LogP contribution in [0.2, 0.25) is 5.02 Å². The predicted molar refractivity (Wildman–Crippen MR) is 112 cm³/mol. The second kappa shape index (κ2) is 8.68. The Labute approximate surface area is 183 Å². The van der Waals surface area contributed by atoms with Crippen LogP contribution in [0.5, 0.6) is 0 Å². The maximum Gasteiger partial charge on any atom is 0.416 e. The summed E-state index contributed by atoms with van der Waals surface area (Å²) in [6, 6.07) is 11.7. The molecule has 166 valence electrons. The van der Waals surface area contributed by atoms with Crippen molar-refractivity contribution in [3.05, 3.63) is 64.7 Å². The second-order valence-electron chi connectivity index (χ2n) is 7.92. The molecule has 1 N–H and O–H groups in total. The molecule has 0 aromatic heterocycles. The third-order valence-corrected chi connectivity index (χ3v) is 6.23. The first-order valence-electron chi connectivity index (χ1n) is 10.1. The van der Waals surface area contributed by atoms with Gasteiger partial charge in [0.05, 0.1) is 17.7 Å². The number of β-amino-alcohol motifs (C(OH)–C–C–N with tert-alkyl or cyclic N) is 1. The SMILES string of the molecule is O=C(c1ccc(Cl)cc1)N1CCN(C2CN(c3ccc(C(F)(F)F)cc3)CC2O)CC1. The van der Waals surface area contributed by atoms with Crippen molar-refractivity contribution in [3.8, 4) is 0 Å². The standard InChI is InChI=1S/C22H23ClF3N3O2/c23-17-5-1-15(2-6-17)21(31)28-11-9-27(10-12-28)19-13-29(14-20(19)30)18-7-3-16(4-8-18)22(24,25)26/h1-8,19-20,30H,9-14H2. The lowest BCUT2D eigenvalue weighted by molar-refractivity contribution is -0.137. The van der Waals surface area contributed by atoms with E-state index in [4.69, 9.17) is 11.6 Å². The quantitative estimate of drug-likeness (QED) is 0.774. The molecule has 9 heteroatoms. The Hall–Kier alpha value is -2.29. The lowest BCUT2D eigenvalue weighted by Crippen LogP contribution is -2.54. The number of halogens is 4. The lowest BCUT2D eigenvalue weighted by Gasteiger charge is -2.38. The molecule has 2 aromatic rings. The van der Waals surface area contributed by atoms with Gasteiger partial charge in [0, 0.05) is 55.5 Å². The number of hydrogen-bond donors (Lipinski definition) is 1. The van der Waals surface area contributed by atoms with Crippen LogP contribution in [0, 0.1) is 0 Å². The fraction of sp³-hybridized carbons (Fsp3) is 0.409. The smallest absolute Gasteiger partial charge is 0.390 e. The normalized spacial score (nSPS) is 22.7. The van der Waals surface area contributed by atoms with E-state index in [2.05, 4.69) is 4.90 Å². The van der Waals surface area contributed by atoms with Crippen LogP contribution < -0.4 is 4.90 Å². The fourth-order valence-electron chi connectivity index (χ4n) is 4.23. The molecule has 2 heterocycles. The van der Waals surface area contributed by atoms with Gasteiger partial charge in [-0.15, -0.1) is 0 Å². The van der Waals surface area contributed by atoms with E-state index in [-0.39, 0.29) is 11.9 Å². The minimum atomic E-state index is -4.37. The number of hydrogen-bond acceptors (Lipinski definition) is 4. The molecule has 0 spiro atoms. The number of rotatable bonds is 3. The topological polar surface area (TPSA) is 47.0 Å². The summed E-state index contributed by atoms with van der Waals surface area (Å²) in [5.41, 5.74) is 0.562. The molecule has 2 saturated heterocycles. The Balaban J connectivity index is 1.35. The van der Waals surface area contributed by atoms with Gasteiger partial charge in [-0.3, -0.25) is 9.69 Å². The molecule has 2 fully saturated rings. The van der Waals surface area contributed by atoms with Gasteiger partial charge >= 0.3 is 6.18 Å². The highest BCUT2D eigenvalue weighted by Gasteiger charge is 2.38. The van der Waals surface area contributed by atoms with Crippen molar-refractivity contribution in [2.75, 3.05) is 44.2 Å². The molecule has 0 aliphatic carbocycles. The summed E-state index contributed by atoms with van der Waals surface area (Å²) in [5.74, 6) is -0.0466. The molecule has 0 radical (unpaired) electrons. The van der Waals surface area contributed by atoms with Gasteiger partial charge in [-0.1, -0.05) is 11.6 Å². The third kappa shape index (κ3) is 4.81. The number of aliphatic hydroxyl groups excluding tert-OH is 1. The van der Waals surface area contributed by atoms with E-state index >= 15 is 0 Å². The summed E-state index contributed by atoms with van der Waals surface area (Å²) in [6.45, 7) is 3.23. The van der Waals surface area contributed by atoms with Crippen LogP contribution in [-0.2, 0) is 6.18 Å². The number of carbonyl (C=O) groups is 1. The number of aliphatic hydroxyl groups is 1. The van der Waals surface area contributed by atoms with Crippen LogP contribution in [0.25, 0.3) is 0 Å². The maximum atomic E-state index is 12.8. The highest BCUT2D eigenvalue weighted by molar-refractivity contribution is 6.30. The molecule has 2 aliphatic rings. The molecule has 2 unspecified atom stereocenters. The Morgan fingerprint density at radius 3 is 2.13 bits per heavy atom. The van der Waals surface area contributed by atoms with Gasteiger partial charge in [0.2, 0.25) is 0 Å².